The topological polar surface area (TPSA) is 133 Å². The Bertz CT molecular complexity index is 1220. The van der Waals surface area contributed by atoms with Crippen LogP contribution in [0.4, 0.5) is 17.1 Å². The Balaban J connectivity index is 1.69. The van der Waals surface area contributed by atoms with Crippen LogP contribution in [0.3, 0.4) is 0 Å². The molecule has 3 aromatic rings. The largest absolute Gasteiger partial charge is 0.466 e. The molecule has 0 aliphatic carbocycles. The predicted octanol–water partition coefficient (Wildman–Crippen LogP) is 3.54. The molecule has 0 saturated heterocycles. The number of carbonyl (C=O) groups excluding carboxylic acids is 3. The maximum absolute atomic E-state index is 12.7. The fourth-order valence-electron chi connectivity index (χ4n) is 3.16. The van der Waals surface area contributed by atoms with Crippen LogP contribution in [0, 0.1) is 10.1 Å². The first kappa shape index (κ1) is 23.2. The minimum Gasteiger partial charge on any atom is -0.466 e. The van der Waals surface area contributed by atoms with Crippen molar-refractivity contribution in [1.29, 1.82) is 0 Å². The number of ether oxygens (including phenoxy) is 1. The number of hydrogen-bond acceptors (Lipinski definition) is 6. The molecule has 3 rings (SSSR count). The van der Waals surface area contributed by atoms with Gasteiger partial charge in [-0.3, -0.25) is 24.5 Å². The SMILES string of the molecule is CCOC(=O)Cc1cccc(NC(=O)c2cc(NC(=O)c3cccc([N+](=O)[O-])c3)cn2C)c1. The van der Waals surface area contributed by atoms with E-state index in [2.05, 4.69) is 10.6 Å². The summed E-state index contributed by atoms with van der Waals surface area (Å²) >= 11 is 0. The minimum atomic E-state index is -0.580. The van der Waals surface area contributed by atoms with Crippen molar-refractivity contribution >= 4 is 34.8 Å². The van der Waals surface area contributed by atoms with Crippen molar-refractivity contribution < 1.29 is 24.0 Å². The number of nitrogens with zero attached hydrogens (tertiary/aromatic N) is 2. The number of nitro groups is 1. The standard InChI is InChI=1S/C23H22N4O6/c1-3-33-21(28)11-15-6-4-8-17(10-15)24-23(30)20-13-18(14-26(20)2)25-22(29)16-7-5-9-19(12-16)27(31)32/h4-10,12-14H,3,11H2,1-2H3,(H,24,30)(H,25,29). The van der Waals surface area contributed by atoms with Gasteiger partial charge in [-0.2, -0.15) is 0 Å². The number of nitro benzene ring substituents is 1. The number of aromatic nitrogens is 1. The highest BCUT2D eigenvalue weighted by molar-refractivity contribution is 6.07. The molecule has 0 aliphatic rings. The number of aryl methyl sites for hydroxylation is 1. The lowest BCUT2D eigenvalue weighted by Crippen LogP contribution is -2.15. The number of hydrogen-bond donors (Lipinski definition) is 2. The lowest BCUT2D eigenvalue weighted by Gasteiger charge is -2.08. The Morgan fingerprint density at radius 3 is 2.45 bits per heavy atom. The van der Waals surface area contributed by atoms with E-state index in [1.807, 2.05) is 0 Å². The van der Waals surface area contributed by atoms with E-state index < -0.39 is 16.7 Å². The van der Waals surface area contributed by atoms with Gasteiger partial charge in [0.1, 0.15) is 5.69 Å². The average molecular weight is 450 g/mol. The molecule has 0 radical (unpaired) electrons. The maximum Gasteiger partial charge on any atom is 0.310 e. The first-order chi connectivity index (χ1) is 15.8. The van der Waals surface area contributed by atoms with Gasteiger partial charge in [0.25, 0.3) is 17.5 Å². The fraction of sp³-hybridized carbons (Fsp3) is 0.174. The molecule has 2 amide bonds. The molecule has 0 atom stereocenters. The van der Waals surface area contributed by atoms with Gasteiger partial charge in [-0.15, -0.1) is 0 Å². The van der Waals surface area contributed by atoms with Crippen LogP contribution in [0.2, 0.25) is 0 Å². The van der Waals surface area contributed by atoms with E-state index in [-0.39, 0.29) is 29.3 Å². The van der Waals surface area contributed by atoms with Crippen molar-refractivity contribution in [3.63, 3.8) is 0 Å². The zero-order valence-electron chi connectivity index (χ0n) is 18.0. The number of rotatable bonds is 8. The number of anilines is 2. The van der Waals surface area contributed by atoms with Gasteiger partial charge in [-0.1, -0.05) is 18.2 Å². The monoisotopic (exact) mass is 450 g/mol. The lowest BCUT2D eigenvalue weighted by atomic mass is 10.1. The summed E-state index contributed by atoms with van der Waals surface area (Å²) in [5.74, 6) is -1.31. The van der Waals surface area contributed by atoms with E-state index >= 15 is 0 Å². The molecule has 0 spiro atoms. The summed E-state index contributed by atoms with van der Waals surface area (Å²) < 4.78 is 6.48. The Morgan fingerprint density at radius 2 is 1.73 bits per heavy atom. The van der Waals surface area contributed by atoms with Gasteiger partial charge in [-0.25, -0.2) is 0 Å². The number of benzene rings is 2. The van der Waals surface area contributed by atoms with Crippen molar-refractivity contribution in [2.24, 2.45) is 7.05 Å². The molecule has 0 bridgehead atoms. The van der Waals surface area contributed by atoms with Crippen LogP contribution in [-0.4, -0.2) is 33.9 Å². The molecular formula is C23H22N4O6. The van der Waals surface area contributed by atoms with Crippen LogP contribution in [0.1, 0.15) is 33.3 Å². The fourth-order valence-corrected chi connectivity index (χ4v) is 3.16. The van der Waals surface area contributed by atoms with Crippen LogP contribution in [0.5, 0.6) is 0 Å². The molecule has 0 unspecified atom stereocenters. The third-order valence-electron chi connectivity index (χ3n) is 4.65. The summed E-state index contributed by atoms with van der Waals surface area (Å²) in [4.78, 5) is 47.2. The number of nitrogens with one attached hydrogen (secondary N) is 2. The first-order valence-electron chi connectivity index (χ1n) is 10.0. The highest BCUT2D eigenvalue weighted by atomic mass is 16.6. The average Bonchev–Trinajstić information content (AvgIpc) is 3.14. The van der Waals surface area contributed by atoms with Crippen molar-refractivity contribution in [1.82, 2.24) is 4.57 Å². The van der Waals surface area contributed by atoms with Crippen molar-refractivity contribution in [3.8, 4) is 0 Å². The highest BCUT2D eigenvalue weighted by Crippen LogP contribution is 2.19. The molecule has 0 saturated carbocycles. The summed E-state index contributed by atoms with van der Waals surface area (Å²) in [6.07, 6.45) is 1.65. The molecule has 33 heavy (non-hydrogen) atoms. The highest BCUT2D eigenvalue weighted by Gasteiger charge is 2.16. The van der Waals surface area contributed by atoms with Crippen molar-refractivity contribution in [3.05, 3.63) is 87.7 Å². The molecule has 2 N–H and O–H groups in total. The van der Waals surface area contributed by atoms with Crippen molar-refractivity contribution in [2.45, 2.75) is 13.3 Å². The third kappa shape index (κ3) is 6.03. The van der Waals surface area contributed by atoms with E-state index in [1.165, 1.54) is 30.3 Å². The van der Waals surface area contributed by atoms with E-state index in [0.717, 1.165) is 0 Å². The normalized spacial score (nSPS) is 10.4. The second kappa shape index (κ2) is 10.2. The quantitative estimate of drug-likeness (QED) is 0.306. The van der Waals surface area contributed by atoms with Crippen LogP contribution in [0.25, 0.3) is 0 Å². The zero-order chi connectivity index (χ0) is 24.0. The molecular weight excluding hydrogens is 428 g/mol. The smallest absolute Gasteiger partial charge is 0.310 e. The van der Waals surface area contributed by atoms with E-state index in [4.69, 9.17) is 4.74 Å². The van der Waals surface area contributed by atoms with Gasteiger partial charge in [0.2, 0.25) is 0 Å². The second-order valence-electron chi connectivity index (χ2n) is 7.12. The molecule has 1 aromatic heterocycles. The van der Waals surface area contributed by atoms with Crippen LogP contribution in [0.15, 0.2) is 60.8 Å². The number of non-ortho nitro benzene ring substituents is 1. The molecule has 170 valence electrons. The molecule has 10 heteroatoms. The predicted molar refractivity (Wildman–Crippen MR) is 121 cm³/mol. The Hall–Kier alpha value is -4.47. The molecule has 10 nitrogen and oxygen atoms in total. The van der Waals surface area contributed by atoms with Crippen molar-refractivity contribution in [2.75, 3.05) is 17.2 Å². The molecule has 2 aromatic carbocycles. The Morgan fingerprint density at radius 1 is 1.00 bits per heavy atom. The Kier molecular flexibility index (Phi) is 7.19. The van der Waals surface area contributed by atoms with Gasteiger partial charge >= 0.3 is 5.97 Å². The van der Waals surface area contributed by atoms with Gasteiger partial charge in [-0.05, 0) is 36.8 Å². The molecule has 0 aliphatic heterocycles. The summed E-state index contributed by atoms with van der Waals surface area (Å²) in [5, 5.41) is 16.3. The van der Waals surface area contributed by atoms with Crippen LogP contribution < -0.4 is 10.6 Å². The van der Waals surface area contributed by atoms with Gasteiger partial charge in [0.15, 0.2) is 0 Å². The summed E-state index contributed by atoms with van der Waals surface area (Å²) in [6.45, 7) is 2.03. The molecule has 1 heterocycles. The zero-order valence-corrected chi connectivity index (χ0v) is 18.0. The third-order valence-corrected chi connectivity index (χ3v) is 4.65. The summed E-state index contributed by atoms with van der Waals surface area (Å²) in [5.41, 5.74) is 1.77. The summed E-state index contributed by atoms with van der Waals surface area (Å²) in [7, 11) is 1.65. The van der Waals surface area contributed by atoms with Gasteiger partial charge in [0, 0.05) is 36.6 Å². The first-order valence-corrected chi connectivity index (χ1v) is 10.0. The number of amides is 2. The van der Waals surface area contributed by atoms with E-state index in [1.54, 1.807) is 49.0 Å². The lowest BCUT2D eigenvalue weighted by molar-refractivity contribution is -0.384. The minimum absolute atomic E-state index is 0.0928. The van der Waals surface area contributed by atoms with Crippen LogP contribution >= 0.6 is 0 Å². The number of carbonyl (C=O) groups is 3. The van der Waals surface area contributed by atoms with E-state index in [0.29, 0.717) is 23.5 Å². The second-order valence-corrected chi connectivity index (χ2v) is 7.12. The van der Waals surface area contributed by atoms with E-state index in [9.17, 15) is 24.5 Å². The maximum atomic E-state index is 12.7. The number of esters is 1. The van der Waals surface area contributed by atoms with Gasteiger partial charge < -0.3 is 19.9 Å². The van der Waals surface area contributed by atoms with Gasteiger partial charge in [0.05, 0.1) is 23.6 Å². The summed E-state index contributed by atoms with van der Waals surface area (Å²) in [6, 6.07) is 13.7. The van der Waals surface area contributed by atoms with Crippen LogP contribution in [-0.2, 0) is 23.0 Å². The molecule has 0 fully saturated rings. The Labute approximate surface area is 189 Å².